The van der Waals surface area contributed by atoms with Gasteiger partial charge in [-0.1, -0.05) is 17.7 Å². The quantitative estimate of drug-likeness (QED) is 0.295. The van der Waals surface area contributed by atoms with Gasteiger partial charge in [0.2, 0.25) is 5.91 Å². The minimum atomic E-state index is -0.414. The fourth-order valence-electron chi connectivity index (χ4n) is 4.51. The van der Waals surface area contributed by atoms with E-state index < -0.39 is 6.03 Å². The molecule has 0 radical (unpaired) electrons. The van der Waals surface area contributed by atoms with Gasteiger partial charge in [0, 0.05) is 42.4 Å². The first kappa shape index (κ1) is 26.5. The Morgan fingerprint density at radius 2 is 1.85 bits per heavy atom. The predicted octanol–water partition coefficient (Wildman–Crippen LogP) is 4.66. The van der Waals surface area contributed by atoms with Crippen LogP contribution in [-0.4, -0.2) is 66.3 Å². The van der Waals surface area contributed by atoms with Gasteiger partial charge < -0.3 is 30.0 Å². The number of nitrogens with zero attached hydrogens (tertiary/aromatic N) is 3. The number of urea groups is 1. The summed E-state index contributed by atoms with van der Waals surface area (Å²) in [6.07, 6.45) is 3.65. The van der Waals surface area contributed by atoms with E-state index in [-0.39, 0.29) is 5.91 Å². The van der Waals surface area contributed by atoms with Crippen LogP contribution in [0.2, 0.25) is 5.02 Å². The number of pyridine rings is 1. The van der Waals surface area contributed by atoms with Crippen molar-refractivity contribution in [3.8, 4) is 5.75 Å². The topological polar surface area (TPSA) is 110 Å². The van der Waals surface area contributed by atoms with Gasteiger partial charge in [-0.2, -0.15) is 0 Å². The molecule has 202 valence electrons. The van der Waals surface area contributed by atoms with E-state index in [0.717, 1.165) is 29.6 Å². The molecule has 0 spiro atoms. The van der Waals surface area contributed by atoms with Crippen LogP contribution in [0.25, 0.3) is 10.9 Å². The highest BCUT2D eigenvalue weighted by Gasteiger charge is 2.15. The first-order chi connectivity index (χ1) is 19.0. The van der Waals surface area contributed by atoms with E-state index in [2.05, 4.69) is 30.4 Å². The number of fused-ring (bicyclic) bond motifs is 1. The van der Waals surface area contributed by atoms with Crippen LogP contribution in [0.5, 0.6) is 5.75 Å². The Labute approximate surface area is 230 Å². The van der Waals surface area contributed by atoms with E-state index in [0.29, 0.717) is 54.3 Å². The molecule has 0 unspecified atom stereocenters. The van der Waals surface area contributed by atoms with Crippen molar-refractivity contribution in [2.45, 2.75) is 6.54 Å². The Balaban J connectivity index is 1.26. The number of carbonyl (C=O) groups excluding carboxylic acids is 2. The molecule has 1 fully saturated rings. The van der Waals surface area contributed by atoms with Crippen LogP contribution in [-0.2, 0) is 16.1 Å². The smallest absolute Gasteiger partial charge is 0.323 e. The highest BCUT2D eigenvalue weighted by Crippen LogP contribution is 2.29. The lowest BCUT2D eigenvalue weighted by Crippen LogP contribution is -2.41. The SMILES string of the molecule is COc1ccc(Cl)cc1NC(=O)Nc1cccc2c1ccn2Cc1ccnc(NC(=O)CN2CCOCC2)c1. The summed E-state index contributed by atoms with van der Waals surface area (Å²) < 4.78 is 12.7. The molecule has 10 nitrogen and oxygen atoms in total. The number of hydrogen-bond acceptors (Lipinski definition) is 6. The van der Waals surface area contributed by atoms with E-state index in [1.807, 2.05) is 42.6 Å². The number of rotatable bonds is 8. The number of halogens is 1. The van der Waals surface area contributed by atoms with Crippen LogP contribution in [0.3, 0.4) is 0 Å². The number of benzene rings is 2. The van der Waals surface area contributed by atoms with Gasteiger partial charge in [-0.05, 0) is 54.1 Å². The number of amides is 3. The van der Waals surface area contributed by atoms with Crippen LogP contribution in [0.15, 0.2) is 67.0 Å². The summed E-state index contributed by atoms with van der Waals surface area (Å²) in [5, 5.41) is 9.98. The lowest BCUT2D eigenvalue weighted by atomic mass is 10.2. The van der Waals surface area contributed by atoms with Gasteiger partial charge in [0.15, 0.2) is 0 Å². The average Bonchev–Trinajstić information content (AvgIpc) is 3.33. The van der Waals surface area contributed by atoms with E-state index in [4.69, 9.17) is 21.1 Å². The van der Waals surface area contributed by atoms with Crippen molar-refractivity contribution < 1.29 is 19.1 Å². The molecule has 3 amide bonds. The molecule has 2 aromatic carbocycles. The third-order valence-electron chi connectivity index (χ3n) is 6.39. The maximum atomic E-state index is 12.8. The maximum Gasteiger partial charge on any atom is 0.323 e. The number of carbonyl (C=O) groups is 2. The van der Waals surface area contributed by atoms with Crippen LogP contribution < -0.4 is 20.7 Å². The van der Waals surface area contributed by atoms with E-state index >= 15 is 0 Å². The van der Waals surface area contributed by atoms with Crippen LogP contribution in [0, 0.1) is 0 Å². The number of ether oxygens (including phenoxy) is 2. The third-order valence-corrected chi connectivity index (χ3v) is 6.62. The summed E-state index contributed by atoms with van der Waals surface area (Å²) in [4.78, 5) is 31.6. The molecular weight excluding hydrogens is 520 g/mol. The predicted molar refractivity (Wildman–Crippen MR) is 152 cm³/mol. The fourth-order valence-corrected chi connectivity index (χ4v) is 4.68. The Bertz CT molecular complexity index is 1480. The summed E-state index contributed by atoms with van der Waals surface area (Å²) in [5.41, 5.74) is 3.06. The molecule has 3 heterocycles. The van der Waals surface area contributed by atoms with E-state index in [9.17, 15) is 9.59 Å². The van der Waals surface area contributed by atoms with Crippen LogP contribution in [0.1, 0.15) is 5.56 Å². The van der Waals surface area contributed by atoms with Crippen LogP contribution >= 0.6 is 11.6 Å². The van der Waals surface area contributed by atoms with Crippen molar-refractivity contribution in [2.75, 3.05) is 55.9 Å². The first-order valence-electron chi connectivity index (χ1n) is 12.5. The van der Waals surface area contributed by atoms with Crippen molar-refractivity contribution in [2.24, 2.45) is 0 Å². The van der Waals surface area contributed by atoms with Gasteiger partial charge >= 0.3 is 6.03 Å². The van der Waals surface area contributed by atoms with Crippen molar-refractivity contribution in [1.82, 2.24) is 14.5 Å². The van der Waals surface area contributed by atoms with Crippen molar-refractivity contribution >= 4 is 51.6 Å². The second-order valence-electron chi connectivity index (χ2n) is 9.09. The molecule has 39 heavy (non-hydrogen) atoms. The van der Waals surface area contributed by atoms with Crippen molar-refractivity contribution in [3.05, 3.63) is 77.6 Å². The zero-order chi connectivity index (χ0) is 27.2. The monoisotopic (exact) mass is 548 g/mol. The number of aromatic nitrogens is 2. The Morgan fingerprint density at radius 3 is 2.67 bits per heavy atom. The molecule has 4 aromatic rings. The highest BCUT2D eigenvalue weighted by atomic mass is 35.5. The van der Waals surface area contributed by atoms with Crippen molar-refractivity contribution in [1.29, 1.82) is 0 Å². The molecule has 1 aliphatic rings. The van der Waals surface area contributed by atoms with Gasteiger partial charge in [0.1, 0.15) is 11.6 Å². The summed E-state index contributed by atoms with van der Waals surface area (Å²) in [5.74, 6) is 0.919. The maximum absolute atomic E-state index is 12.8. The molecule has 3 N–H and O–H groups in total. The van der Waals surface area contributed by atoms with Gasteiger partial charge in [-0.25, -0.2) is 9.78 Å². The Kier molecular flexibility index (Phi) is 8.26. The molecule has 0 saturated carbocycles. The second kappa shape index (κ2) is 12.2. The molecule has 5 rings (SSSR count). The van der Waals surface area contributed by atoms with Gasteiger partial charge in [0.05, 0.1) is 43.8 Å². The Morgan fingerprint density at radius 1 is 1.03 bits per heavy atom. The van der Waals surface area contributed by atoms with E-state index in [1.165, 1.54) is 7.11 Å². The van der Waals surface area contributed by atoms with Crippen LogP contribution in [0.4, 0.5) is 22.0 Å². The third kappa shape index (κ3) is 6.66. The molecule has 0 atom stereocenters. The summed E-state index contributed by atoms with van der Waals surface area (Å²) in [6.45, 7) is 3.65. The second-order valence-corrected chi connectivity index (χ2v) is 9.53. The summed E-state index contributed by atoms with van der Waals surface area (Å²) in [7, 11) is 1.53. The Hall–Kier alpha value is -4.12. The first-order valence-corrected chi connectivity index (χ1v) is 12.9. The molecule has 0 aliphatic carbocycles. The number of nitrogens with one attached hydrogen (secondary N) is 3. The minimum absolute atomic E-state index is 0.0997. The number of hydrogen-bond donors (Lipinski definition) is 3. The number of methoxy groups -OCH3 is 1. The average molecular weight is 549 g/mol. The number of morpholine rings is 1. The fraction of sp³-hybridized carbons (Fsp3) is 0.250. The summed E-state index contributed by atoms with van der Waals surface area (Å²) in [6, 6.07) is 16.1. The molecule has 1 aliphatic heterocycles. The minimum Gasteiger partial charge on any atom is -0.495 e. The zero-order valence-corrected chi connectivity index (χ0v) is 22.2. The lowest BCUT2D eigenvalue weighted by Gasteiger charge is -2.25. The van der Waals surface area contributed by atoms with Gasteiger partial charge in [-0.15, -0.1) is 0 Å². The lowest BCUT2D eigenvalue weighted by molar-refractivity contribution is -0.118. The normalized spacial score (nSPS) is 13.7. The molecule has 11 heteroatoms. The highest BCUT2D eigenvalue weighted by molar-refractivity contribution is 6.31. The van der Waals surface area contributed by atoms with Crippen molar-refractivity contribution in [3.63, 3.8) is 0 Å². The molecule has 2 aromatic heterocycles. The van der Waals surface area contributed by atoms with Gasteiger partial charge in [-0.3, -0.25) is 9.69 Å². The standard InChI is InChI=1S/C28H29ClN6O4/c1-38-25-6-5-20(29)16-23(25)32-28(37)31-22-3-2-4-24-21(22)8-10-35(24)17-19-7-9-30-26(15-19)33-27(36)18-34-11-13-39-14-12-34/h2-10,15-16H,11-14,17-18H2,1H3,(H,30,33,36)(H2,31,32,37). The zero-order valence-electron chi connectivity index (χ0n) is 21.4. The summed E-state index contributed by atoms with van der Waals surface area (Å²) >= 11 is 6.08. The molecule has 0 bridgehead atoms. The van der Waals surface area contributed by atoms with Gasteiger partial charge in [0.25, 0.3) is 0 Å². The largest absolute Gasteiger partial charge is 0.495 e. The molecular formula is C28H29ClN6O4. The van der Waals surface area contributed by atoms with E-state index in [1.54, 1.807) is 24.4 Å². The molecule has 1 saturated heterocycles. The number of anilines is 3.